The molecular weight excluding hydrogens is 416 g/mol. The Labute approximate surface area is 185 Å². The van der Waals surface area contributed by atoms with Crippen molar-refractivity contribution in [2.45, 2.75) is 25.6 Å². The highest BCUT2D eigenvalue weighted by molar-refractivity contribution is 6.27. The molecular formula is C23H24N2O7. The van der Waals surface area contributed by atoms with Crippen molar-refractivity contribution < 1.29 is 33.8 Å². The molecule has 32 heavy (non-hydrogen) atoms. The van der Waals surface area contributed by atoms with Gasteiger partial charge in [-0.15, -0.1) is 0 Å². The van der Waals surface area contributed by atoms with Crippen LogP contribution in [0.2, 0.25) is 0 Å². The molecule has 0 aromatic heterocycles. The Hall–Kier alpha value is -3.40. The number of benzene rings is 2. The number of hydrogen-bond acceptors (Lipinski definition) is 7. The Morgan fingerprint density at radius 2 is 1.53 bits per heavy atom. The third kappa shape index (κ3) is 4.75. The number of amides is 5. The fourth-order valence-electron chi connectivity index (χ4n) is 3.39. The summed E-state index contributed by atoms with van der Waals surface area (Å²) in [6, 6.07) is 16.5. The van der Waals surface area contributed by atoms with Gasteiger partial charge in [-0.05, 0) is 11.1 Å². The molecule has 0 radical (unpaired) electrons. The number of carbonyl (C=O) groups is 4. The van der Waals surface area contributed by atoms with Crippen LogP contribution in [0.4, 0.5) is 4.79 Å². The predicted molar refractivity (Wildman–Crippen MR) is 112 cm³/mol. The maximum atomic E-state index is 13.5. The van der Waals surface area contributed by atoms with Crippen LogP contribution in [0.1, 0.15) is 18.1 Å². The molecule has 1 aliphatic heterocycles. The molecule has 1 fully saturated rings. The SMILES string of the molecule is CC(=O)N1C(=O)N(COCCO)C(=O)C(Cc2ccccc2)(OCc2ccccc2)C1=O. The molecule has 9 heteroatoms. The molecule has 1 saturated heterocycles. The van der Waals surface area contributed by atoms with Gasteiger partial charge in [-0.3, -0.25) is 14.4 Å². The maximum absolute atomic E-state index is 13.5. The van der Waals surface area contributed by atoms with Gasteiger partial charge in [-0.25, -0.2) is 9.69 Å². The van der Waals surface area contributed by atoms with Gasteiger partial charge in [0.25, 0.3) is 11.8 Å². The second-order valence-corrected chi connectivity index (χ2v) is 7.20. The van der Waals surface area contributed by atoms with Crippen LogP contribution >= 0.6 is 0 Å². The van der Waals surface area contributed by atoms with Crippen molar-refractivity contribution in [1.29, 1.82) is 0 Å². The van der Waals surface area contributed by atoms with Gasteiger partial charge >= 0.3 is 6.03 Å². The van der Waals surface area contributed by atoms with E-state index in [-0.39, 0.29) is 26.2 Å². The first-order valence-electron chi connectivity index (χ1n) is 10.0. The van der Waals surface area contributed by atoms with E-state index in [0.717, 1.165) is 6.92 Å². The first-order valence-corrected chi connectivity index (χ1v) is 10.0. The lowest BCUT2D eigenvalue weighted by Crippen LogP contribution is -2.71. The number of aliphatic hydroxyl groups excluding tert-OH is 1. The summed E-state index contributed by atoms with van der Waals surface area (Å²) in [5.74, 6) is -2.82. The number of ether oxygens (including phenoxy) is 2. The van der Waals surface area contributed by atoms with Crippen molar-refractivity contribution in [3.05, 3.63) is 71.8 Å². The Balaban J connectivity index is 2.04. The lowest BCUT2D eigenvalue weighted by molar-refractivity contribution is -0.183. The highest BCUT2D eigenvalue weighted by Gasteiger charge is 2.60. The molecule has 2 aromatic rings. The first kappa shape index (κ1) is 23.3. The van der Waals surface area contributed by atoms with E-state index in [1.54, 1.807) is 54.6 Å². The lowest BCUT2D eigenvalue weighted by Gasteiger charge is -2.42. The van der Waals surface area contributed by atoms with E-state index in [1.165, 1.54) is 0 Å². The van der Waals surface area contributed by atoms with Crippen LogP contribution in [0.15, 0.2) is 60.7 Å². The second-order valence-electron chi connectivity index (χ2n) is 7.20. The fraction of sp³-hybridized carbons (Fsp3) is 0.304. The fourth-order valence-corrected chi connectivity index (χ4v) is 3.39. The summed E-state index contributed by atoms with van der Waals surface area (Å²) >= 11 is 0. The van der Waals surface area contributed by atoms with Crippen molar-refractivity contribution in [2.75, 3.05) is 19.9 Å². The van der Waals surface area contributed by atoms with Crippen molar-refractivity contribution in [3.8, 4) is 0 Å². The number of hydrogen-bond donors (Lipinski definition) is 1. The van der Waals surface area contributed by atoms with Crippen LogP contribution in [0, 0.1) is 0 Å². The van der Waals surface area contributed by atoms with E-state index in [1.807, 2.05) is 6.07 Å². The summed E-state index contributed by atoms with van der Waals surface area (Å²) in [7, 11) is 0. The number of nitrogens with zero attached hydrogens (tertiary/aromatic N) is 2. The minimum absolute atomic E-state index is 0.101. The lowest BCUT2D eigenvalue weighted by atomic mass is 9.89. The molecule has 1 unspecified atom stereocenters. The zero-order chi connectivity index (χ0) is 23.1. The van der Waals surface area contributed by atoms with Crippen molar-refractivity contribution in [2.24, 2.45) is 0 Å². The van der Waals surface area contributed by atoms with E-state index < -0.39 is 36.1 Å². The number of aliphatic hydroxyl groups is 1. The predicted octanol–water partition coefficient (Wildman–Crippen LogP) is 1.49. The molecule has 0 saturated carbocycles. The van der Waals surface area contributed by atoms with Gasteiger partial charge in [0.05, 0.1) is 19.8 Å². The topological polar surface area (TPSA) is 113 Å². The van der Waals surface area contributed by atoms with Crippen molar-refractivity contribution in [1.82, 2.24) is 9.80 Å². The molecule has 1 aliphatic rings. The van der Waals surface area contributed by atoms with Crippen LogP contribution in [-0.2, 0) is 36.9 Å². The van der Waals surface area contributed by atoms with Crippen LogP contribution < -0.4 is 0 Å². The zero-order valence-electron chi connectivity index (χ0n) is 17.6. The van der Waals surface area contributed by atoms with Crippen molar-refractivity contribution >= 4 is 23.8 Å². The largest absolute Gasteiger partial charge is 0.394 e. The molecule has 5 amide bonds. The molecule has 1 atom stereocenters. The number of barbiturate groups is 1. The normalized spacial score (nSPS) is 18.9. The third-order valence-electron chi connectivity index (χ3n) is 4.96. The number of imide groups is 4. The van der Waals surface area contributed by atoms with E-state index in [9.17, 15) is 19.2 Å². The van der Waals surface area contributed by atoms with E-state index in [0.29, 0.717) is 20.9 Å². The summed E-state index contributed by atoms with van der Waals surface area (Å²) in [4.78, 5) is 53.1. The Morgan fingerprint density at radius 3 is 2.09 bits per heavy atom. The van der Waals surface area contributed by atoms with E-state index in [4.69, 9.17) is 14.6 Å². The number of urea groups is 1. The van der Waals surface area contributed by atoms with Gasteiger partial charge in [0.2, 0.25) is 11.5 Å². The van der Waals surface area contributed by atoms with Crippen LogP contribution in [-0.4, -0.2) is 64.2 Å². The first-order chi connectivity index (χ1) is 15.4. The van der Waals surface area contributed by atoms with Gasteiger partial charge in [-0.1, -0.05) is 60.7 Å². The van der Waals surface area contributed by atoms with Gasteiger partial charge < -0.3 is 14.6 Å². The quantitative estimate of drug-likeness (QED) is 0.464. The van der Waals surface area contributed by atoms with Gasteiger partial charge in [0.1, 0.15) is 6.73 Å². The second kappa shape index (κ2) is 10.3. The van der Waals surface area contributed by atoms with Crippen molar-refractivity contribution in [3.63, 3.8) is 0 Å². The number of rotatable bonds is 9. The Kier molecular flexibility index (Phi) is 7.47. The Morgan fingerprint density at radius 1 is 0.938 bits per heavy atom. The molecule has 3 rings (SSSR count). The monoisotopic (exact) mass is 440 g/mol. The molecule has 168 valence electrons. The smallest absolute Gasteiger partial charge is 0.342 e. The van der Waals surface area contributed by atoms with E-state index in [2.05, 4.69) is 0 Å². The summed E-state index contributed by atoms with van der Waals surface area (Å²) in [6.45, 7) is -0.0490. The highest BCUT2D eigenvalue weighted by atomic mass is 16.5. The van der Waals surface area contributed by atoms with Crippen LogP contribution in [0.25, 0.3) is 0 Å². The maximum Gasteiger partial charge on any atom is 0.342 e. The van der Waals surface area contributed by atoms with Gasteiger partial charge in [-0.2, -0.15) is 4.90 Å². The van der Waals surface area contributed by atoms with E-state index >= 15 is 0 Å². The molecule has 2 aromatic carbocycles. The van der Waals surface area contributed by atoms with Gasteiger partial charge in [0.15, 0.2) is 0 Å². The summed E-state index contributed by atoms with van der Waals surface area (Å²) < 4.78 is 11.1. The average molecular weight is 440 g/mol. The third-order valence-corrected chi connectivity index (χ3v) is 4.96. The Bertz CT molecular complexity index is 980. The zero-order valence-corrected chi connectivity index (χ0v) is 17.6. The molecule has 0 spiro atoms. The van der Waals surface area contributed by atoms with Crippen LogP contribution in [0.3, 0.4) is 0 Å². The highest BCUT2D eigenvalue weighted by Crippen LogP contribution is 2.31. The summed E-state index contributed by atoms with van der Waals surface area (Å²) in [5.41, 5.74) is -0.842. The molecule has 0 bridgehead atoms. The summed E-state index contributed by atoms with van der Waals surface area (Å²) in [6.07, 6.45) is -0.189. The molecule has 9 nitrogen and oxygen atoms in total. The van der Waals surface area contributed by atoms with Gasteiger partial charge in [0, 0.05) is 13.3 Å². The minimum atomic E-state index is -2.15. The number of carbonyl (C=O) groups excluding carboxylic acids is 4. The van der Waals surface area contributed by atoms with Crippen LogP contribution in [0.5, 0.6) is 0 Å². The minimum Gasteiger partial charge on any atom is -0.394 e. The average Bonchev–Trinajstić information content (AvgIpc) is 2.79. The molecule has 0 aliphatic carbocycles. The summed E-state index contributed by atoms with van der Waals surface area (Å²) in [5, 5.41) is 8.96. The standard InChI is InChI=1S/C23H24N2O7/c1-17(27)25-21(29)23(14-18-8-4-2-5-9-18,32-15-19-10-6-3-7-11-19)20(28)24(22(25)30)16-31-13-12-26/h2-11,26H,12-16H2,1H3. The molecule has 1 N–H and O–H groups in total. The molecule has 1 heterocycles.